The maximum atomic E-state index is 12.9. The zero-order valence-electron chi connectivity index (χ0n) is 17.1. The van der Waals surface area contributed by atoms with Crippen LogP contribution in [0.4, 0.5) is 5.69 Å². The second-order valence-electron chi connectivity index (χ2n) is 8.00. The third-order valence-corrected chi connectivity index (χ3v) is 6.64. The van der Waals surface area contributed by atoms with Crippen LogP contribution in [0.25, 0.3) is 22.0 Å². The Kier molecular flexibility index (Phi) is 5.03. The molecule has 4 aromatic rings. The number of nitriles is 1. The number of aromatic nitrogens is 2. The lowest BCUT2D eigenvalue weighted by Gasteiger charge is -2.26. The Labute approximate surface area is 187 Å². The number of fused-ring (bicyclic) bond motifs is 2. The van der Waals surface area contributed by atoms with Crippen molar-refractivity contribution in [1.29, 1.82) is 5.26 Å². The molecule has 7 heteroatoms. The highest BCUT2D eigenvalue weighted by atomic mass is 79.9. The van der Waals surface area contributed by atoms with Gasteiger partial charge in [-0.2, -0.15) is 5.26 Å². The normalized spacial score (nSPS) is 17.1. The fourth-order valence-corrected chi connectivity index (χ4v) is 4.91. The third-order valence-electron chi connectivity index (χ3n) is 6.15. The first-order chi connectivity index (χ1) is 15.1. The summed E-state index contributed by atoms with van der Waals surface area (Å²) in [7, 11) is 1.72. The van der Waals surface area contributed by atoms with Crippen molar-refractivity contribution in [3.63, 3.8) is 0 Å². The van der Waals surface area contributed by atoms with Crippen LogP contribution in [0.3, 0.4) is 0 Å². The molecule has 0 bridgehead atoms. The molecule has 1 unspecified atom stereocenters. The molecule has 2 aromatic carbocycles. The lowest BCUT2D eigenvalue weighted by molar-refractivity contribution is 0.445. The summed E-state index contributed by atoms with van der Waals surface area (Å²) in [5.41, 5.74) is 3.20. The zero-order valence-corrected chi connectivity index (χ0v) is 18.7. The smallest absolute Gasteiger partial charge is 0.270 e. The van der Waals surface area contributed by atoms with Gasteiger partial charge in [0, 0.05) is 35.9 Å². The highest BCUT2D eigenvalue weighted by Crippen LogP contribution is 2.35. The predicted octanol–water partition coefficient (Wildman–Crippen LogP) is 5.09. The Morgan fingerprint density at radius 3 is 2.84 bits per heavy atom. The first-order valence-electron chi connectivity index (χ1n) is 10.4. The van der Waals surface area contributed by atoms with Gasteiger partial charge in [-0.3, -0.25) is 4.79 Å². The van der Waals surface area contributed by atoms with Crippen molar-refractivity contribution in [2.75, 3.05) is 18.0 Å². The van der Waals surface area contributed by atoms with E-state index in [1.165, 1.54) is 0 Å². The summed E-state index contributed by atoms with van der Waals surface area (Å²) in [6, 6.07) is 15.9. The SMILES string of the molecule is Cn1c(=O)c(C#N)c(N2CCCC(c3nc4ccccc4o3)CC2)c2ccc(Br)cc21. The van der Waals surface area contributed by atoms with Gasteiger partial charge < -0.3 is 13.9 Å². The van der Waals surface area contributed by atoms with Crippen molar-refractivity contribution in [2.45, 2.75) is 25.2 Å². The number of anilines is 1. The van der Waals surface area contributed by atoms with Crippen molar-refractivity contribution in [3.8, 4) is 6.07 Å². The van der Waals surface area contributed by atoms with Crippen LogP contribution in [0.5, 0.6) is 0 Å². The third kappa shape index (κ3) is 3.41. The molecule has 1 aliphatic rings. The van der Waals surface area contributed by atoms with Crippen LogP contribution in [-0.4, -0.2) is 22.6 Å². The molecule has 3 heterocycles. The summed E-state index contributed by atoms with van der Waals surface area (Å²) in [6.07, 6.45) is 2.74. The minimum atomic E-state index is -0.261. The largest absolute Gasteiger partial charge is 0.440 e. The number of halogens is 1. The molecule has 0 N–H and O–H groups in total. The molecule has 1 fully saturated rings. The van der Waals surface area contributed by atoms with Crippen LogP contribution in [-0.2, 0) is 7.05 Å². The molecule has 2 aromatic heterocycles. The van der Waals surface area contributed by atoms with Crippen LogP contribution >= 0.6 is 15.9 Å². The molecule has 0 amide bonds. The van der Waals surface area contributed by atoms with Gasteiger partial charge in [-0.15, -0.1) is 0 Å². The van der Waals surface area contributed by atoms with Gasteiger partial charge in [-0.1, -0.05) is 28.1 Å². The van der Waals surface area contributed by atoms with E-state index in [0.29, 0.717) is 0 Å². The molecule has 0 spiro atoms. The number of benzene rings is 2. The fraction of sp³-hybridized carbons (Fsp3) is 0.292. The lowest BCUT2D eigenvalue weighted by atomic mass is 10.0. The Morgan fingerprint density at radius 2 is 2.03 bits per heavy atom. The maximum absolute atomic E-state index is 12.9. The Hall–Kier alpha value is -3.11. The average Bonchev–Trinajstić information content (AvgIpc) is 3.06. The minimum absolute atomic E-state index is 0.206. The monoisotopic (exact) mass is 476 g/mol. The number of hydrogen-bond acceptors (Lipinski definition) is 5. The molecule has 1 aliphatic heterocycles. The van der Waals surface area contributed by atoms with Crippen molar-refractivity contribution < 1.29 is 4.42 Å². The summed E-state index contributed by atoms with van der Waals surface area (Å²) in [4.78, 5) is 19.8. The molecule has 5 rings (SSSR count). The van der Waals surface area contributed by atoms with Crippen molar-refractivity contribution >= 4 is 43.6 Å². The molecule has 156 valence electrons. The van der Waals surface area contributed by atoms with Crippen LogP contribution in [0.2, 0.25) is 0 Å². The molecule has 0 saturated carbocycles. The van der Waals surface area contributed by atoms with Gasteiger partial charge in [0.2, 0.25) is 0 Å². The first-order valence-corrected chi connectivity index (χ1v) is 11.2. The van der Waals surface area contributed by atoms with Crippen LogP contribution in [0, 0.1) is 11.3 Å². The van der Waals surface area contributed by atoms with Crippen molar-refractivity contribution in [2.24, 2.45) is 7.05 Å². The van der Waals surface area contributed by atoms with Gasteiger partial charge in [0.25, 0.3) is 5.56 Å². The molecular weight excluding hydrogens is 456 g/mol. The van der Waals surface area contributed by atoms with E-state index >= 15 is 0 Å². The van der Waals surface area contributed by atoms with E-state index in [-0.39, 0.29) is 17.0 Å². The maximum Gasteiger partial charge on any atom is 0.270 e. The molecule has 1 atom stereocenters. The van der Waals surface area contributed by atoms with E-state index in [4.69, 9.17) is 9.40 Å². The summed E-state index contributed by atoms with van der Waals surface area (Å²) in [5, 5.41) is 10.7. The molecular formula is C24H21BrN4O2. The lowest BCUT2D eigenvalue weighted by Crippen LogP contribution is -2.30. The van der Waals surface area contributed by atoms with Gasteiger partial charge in [0.15, 0.2) is 11.5 Å². The molecule has 0 aliphatic carbocycles. The van der Waals surface area contributed by atoms with Gasteiger partial charge >= 0.3 is 0 Å². The van der Waals surface area contributed by atoms with Crippen LogP contribution in [0.1, 0.15) is 36.6 Å². The van der Waals surface area contributed by atoms with E-state index in [1.54, 1.807) is 11.6 Å². The summed E-state index contributed by atoms with van der Waals surface area (Å²) < 4.78 is 8.48. The Morgan fingerprint density at radius 1 is 1.19 bits per heavy atom. The predicted molar refractivity (Wildman–Crippen MR) is 124 cm³/mol. The number of para-hydroxylation sites is 2. The van der Waals surface area contributed by atoms with Gasteiger partial charge in [0.05, 0.1) is 11.2 Å². The van der Waals surface area contributed by atoms with Crippen molar-refractivity contribution in [1.82, 2.24) is 9.55 Å². The molecule has 0 radical (unpaired) electrons. The minimum Gasteiger partial charge on any atom is -0.440 e. The van der Waals surface area contributed by atoms with E-state index in [2.05, 4.69) is 26.9 Å². The summed E-state index contributed by atoms with van der Waals surface area (Å²) in [5.74, 6) is 0.996. The fourth-order valence-electron chi connectivity index (χ4n) is 4.56. The Bertz CT molecular complexity index is 1370. The van der Waals surface area contributed by atoms with Gasteiger partial charge in [0.1, 0.15) is 17.1 Å². The van der Waals surface area contributed by atoms with Gasteiger partial charge in [-0.05, 0) is 49.6 Å². The topological polar surface area (TPSA) is 75.1 Å². The number of nitrogens with zero attached hydrogens (tertiary/aromatic N) is 4. The second kappa shape index (κ2) is 7.86. The second-order valence-corrected chi connectivity index (χ2v) is 8.91. The number of rotatable bonds is 2. The highest BCUT2D eigenvalue weighted by Gasteiger charge is 2.26. The van der Waals surface area contributed by atoms with E-state index in [1.807, 2.05) is 42.5 Å². The standard InChI is InChI=1S/C24H21BrN4O2/c1-28-20-13-16(25)8-9-17(20)22(18(14-26)24(28)30)29-11-4-5-15(10-12-29)23-27-19-6-2-3-7-21(19)31-23/h2-3,6-9,13,15H,4-5,10-12H2,1H3. The average molecular weight is 477 g/mol. The van der Waals surface area contributed by atoms with E-state index < -0.39 is 0 Å². The first kappa shape index (κ1) is 19.8. The highest BCUT2D eigenvalue weighted by molar-refractivity contribution is 9.10. The number of hydrogen-bond donors (Lipinski definition) is 0. The van der Waals surface area contributed by atoms with Crippen molar-refractivity contribution in [3.05, 3.63) is 68.7 Å². The molecule has 31 heavy (non-hydrogen) atoms. The number of aryl methyl sites for hydroxylation is 1. The van der Waals surface area contributed by atoms with E-state index in [9.17, 15) is 10.1 Å². The van der Waals surface area contributed by atoms with Crippen LogP contribution < -0.4 is 10.5 Å². The number of pyridine rings is 1. The Balaban J connectivity index is 1.53. The summed E-state index contributed by atoms with van der Waals surface area (Å²) in [6.45, 7) is 1.51. The molecule has 6 nitrogen and oxygen atoms in total. The number of oxazole rings is 1. The quantitative estimate of drug-likeness (QED) is 0.402. The van der Waals surface area contributed by atoms with Crippen LogP contribution in [0.15, 0.2) is 56.1 Å². The zero-order chi connectivity index (χ0) is 21.5. The summed E-state index contributed by atoms with van der Waals surface area (Å²) >= 11 is 3.50. The van der Waals surface area contributed by atoms with E-state index in [0.717, 1.165) is 70.4 Å². The van der Waals surface area contributed by atoms with Gasteiger partial charge in [-0.25, -0.2) is 4.98 Å². The molecule has 1 saturated heterocycles.